The Kier molecular flexibility index (Phi) is 6.56. The summed E-state index contributed by atoms with van der Waals surface area (Å²) in [7, 11) is 0. The lowest BCUT2D eigenvalue weighted by Crippen LogP contribution is -2.50. The molecule has 1 aromatic carbocycles. The summed E-state index contributed by atoms with van der Waals surface area (Å²) < 4.78 is 8.56. The normalized spacial score (nSPS) is 20.5. The summed E-state index contributed by atoms with van der Waals surface area (Å²) in [5.74, 6) is 1.71. The van der Waals surface area contributed by atoms with Crippen LogP contribution in [0.1, 0.15) is 12.8 Å². The molecule has 0 saturated carbocycles. The van der Waals surface area contributed by atoms with Crippen LogP contribution in [0.3, 0.4) is 0 Å². The molecule has 32 heavy (non-hydrogen) atoms. The highest BCUT2D eigenvalue weighted by Crippen LogP contribution is 2.22. The molecule has 3 aromatic rings. The second kappa shape index (κ2) is 9.89. The maximum absolute atomic E-state index is 12.7. The fraction of sp³-hybridized carbons (Fsp3) is 0.478. The van der Waals surface area contributed by atoms with Crippen molar-refractivity contribution in [2.45, 2.75) is 12.8 Å². The zero-order valence-corrected chi connectivity index (χ0v) is 19.0. The third kappa shape index (κ3) is 5.06. The summed E-state index contributed by atoms with van der Waals surface area (Å²) in [6, 6.07) is 11.8. The highest BCUT2D eigenvalue weighted by Gasteiger charge is 2.26. The van der Waals surface area contributed by atoms with Crippen LogP contribution in [0.2, 0.25) is 0 Å². The van der Waals surface area contributed by atoms with Crippen molar-refractivity contribution in [1.82, 2.24) is 23.5 Å². The predicted octanol–water partition coefficient (Wildman–Crippen LogP) is 2.56. The van der Waals surface area contributed by atoms with Gasteiger partial charge in [0.2, 0.25) is 5.91 Å². The molecule has 1 amide bonds. The zero-order valence-electron chi connectivity index (χ0n) is 18.2. The lowest BCUT2D eigenvalue weighted by Gasteiger charge is -2.39. The van der Waals surface area contributed by atoms with Gasteiger partial charge < -0.3 is 10.2 Å². The number of anilines is 2. The van der Waals surface area contributed by atoms with Crippen LogP contribution < -0.4 is 10.2 Å². The molecule has 2 fully saturated rings. The summed E-state index contributed by atoms with van der Waals surface area (Å²) >= 11 is 1.17. The van der Waals surface area contributed by atoms with Gasteiger partial charge in [-0.1, -0.05) is 12.1 Å². The summed E-state index contributed by atoms with van der Waals surface area (Å²) in [5.41, 5.74) is 2.35. The molecule has 0 bridgehead atoms. The molecule has 2 aliphatic rings. The summed E-state index contributed by atoms with van der Waals surface area (Å²) in [5, 5.41) is 3.04. The predicted molar refractivity (Wildman–Crippen MR) is 128 cm³/mol. The quantitative estimate of drug-likeness (QED) is 0.617. The molecule has 8 nitrogen and oxygen atoms in total. The van der Waals surface area contributed by atoms with Gasteiger partial charge in [-0.2, -0.15) is 8.75 Å². The molecule has 0 aliphatic carbocycles. The van der Waals surface area contributed by atoms with Gasteiger partial charge in [0.1, 0.15) is 16.9 Å². The first-order valence-corrected chi connectivity index (χ1v) is 12.1. The van der Waals surface area contributed by atoms with Crippen molar-refractivity contribution in [1.29, 1.82) is 0 Å². The summed E-state index contributed by atoms with van der Waals surface area (Å²) in [6.07, 6.45) is 4.25. The van der Waals surface area contributed by atoms with Crippen LogP contribution in [0.4, 0.5) is 11.5 Å². The van der Waals surface area contributed by atoms with E-state index in [-0.39, 0.29) is 5.91 Å². The van der Waals surface area contributed by atoms with Gasteiger partial charge in [-0.25, -0.2) is 4.98 Å². The summed E-state index contributed by atoms with van der Waals surface area (Å²) in [6.45, 7) is 7.68. The zero-order chi connectivity index (χ0) is 21.8. The van der Waals surface area contributed by atoms with Crippen LogP contribution in [0.25, 0.3) is 11.0 Å². The number of carbonyl (C=O) groups is 1. The second-order valence-corrected chi connectivity index (χ2v) is 9.23. The Morgan fingerprint density at radius 1 is 1.03 bits per heavy atom. The van der Waals surface area contributed by atoms with Crippen molar-refractivity contribution >= 4 is 40.2 Å². The van der Waals surface area contributed by atoms with E-state index in [9.17, 15) is 4.79 Å². The molecule has 4 heterocycles. The SMILES string of the molecule is O=C(CN1CCCC(CN2CCN(c3ccccn3)CC2)C1)Nc1cccc2nsnc12. The smallest absolute Gasteiger partial charge is 0.238 e. The summed E-state index contributed by atoms with van der Waals surface area (Å²) in [4.78, 5) is 24.4. The number of piperazine rings is 1. The first kappa shape index (κ1) is 21.2. The maximum atomic E-state index is 12.7. The van der Waals surface area contributed by atoms with Crippen LogP contribution in [-0.2, 0) is 4.79 Å². The first-order valence-electron chi connectivity index (χ1n) is 11.4. The Bertz CT molecular complexity index is 1040. The fourth-order valence-electron chi connectivity index (χ4n) is 4.81. The number of benzene rings is 1. The van der Waals surface area contributed by atoms with Gasteiger partial charge in [0.05, 0.1) is 24.0 Å². The van der Waals surface area contributed by atoms with Crippen molar-refractivity contribution in [2.75, 3.05) is 62.6 Å². The minimum Gasteiger partial charge on any atom is -0.354 e. The molecule has 2 saturated heterocycles. The monoisotopic (exact) mass is 451 g/mol. The minimum atomic E-state index is 0.0233. The standard InChI is InChI=1S/C23H29N7OS/c31-22(25-19-6-3-7-20-23(19)27-32-26-20)17-29-10-4-5-18(16-29)15-28-11-13-30(14-12-28)21-8-1-2-9-24-21/h1-3,6-9,18H,4-5,10-17H2,(H,25,31). The largest absolute Gasteiger partial charge is 0.354 e. The number of hydrogen-bond acceptors (Lipinski definition) is 8. The Labute approximate surface area is 192 Å². The number of nitrogens with one attached hydrogen (secondary N) is 1. The number of likely N-dealkylation sites (tertiary alicyclic amines) is 1. The molecule has 1 atom stereocenters. The molecule has 1 N–H and O–H groups in total. The molecule has 1 unspecified atom stereocenters. The van der Waals surface area contributed by atoms with Gasteiger partial charge in [0.15, 0.2) is 0 Å². The maximum Gasteiger partial charge on any atom is 0.238 e. The van der Waals surface area contributed by atoms with Crippen LogP contribution in [-0.4, -0.2) is 81.8 Å². The molecule has 9 heteroatoms. The third-order valence-electron chi connectivity index (χ3n) is 6.39. The lowest BCUT2D eigenvalue weighted by atomic mass is 9.97. The molecule has 168 valence electrons. The third-order valence-corrected chi connectivity index (χ3v) is 6.93. The number of hydrogen-bond donors (Lipinski definition) is 1. The van der Waals surface area contributed by atoms with Crippen molar-refractivity contribution in [3.63, 3.8) is 0 Å². The van der Waals surface area contributed by atoms with E-state index in [1.807, 2.05) is 30.5 Å². The van der Waals surface area contributed by atoms with Gasteiger partial charge in [-0.15, -0.1) is 0 Å². The molecule has 2 aliphatic heterocycles. The minimum absolute atomic E-state index is 0.0233. The van der Waals surface area contributed by atoms with Gasteiger partial charge in [-0.3, -0.25) is 14.6 Å². The Morgan fingerprint density at radius 2 is 1.94 bits per heavy atom. The second-order valence-electron chi connectivity index (χ2n) is 8.70. The Morgan fingerprint density at radius 3 is 2.78 bits per heavy atom. The molecule has 2 aromatic heterocycles. The van der Waals surface area contributed by atoms with Crippen LogP contribution >= 0.6 is 11.7 Å². The molecule has 5 rings (SSSR count). The van der Waals surface area contributed by atoms with Crippen molar-refractivity contribution in [3.8, 4) is 0 Å². The topological polar surface area (TPSA) is 77.5 Å². The number of amides is 1. The van der Waals surface area contributed by atoms with Crippen molar-refractivity contribution < 1.29 is 4.79 Å². The number of fused-ring (bicyclic) bond motifs is 1. The van der Waals surface area contributed by atoms with Gasteiger partial charge >= 0.3 is 0 Å². The number of aromatic nitrogens is 3. The highest BCUT2D eigenvalue weighted by molar-refractivity contribution is 7.00. The van der Waals surface area contributed by atoms with E-state index in [2.05, 4.69) is 45.9 Å². The van der Waals surface area contributed by atoms with E-state index < -0.39 is 0 Å². The lowest BCUT2D eigenvalue weighted by molar-refractivity contribution is -0.117. The number of piperidine rings is 1. The number of pyridine rings is 1. The number of carbonyl (C=O) groups excluding carboxylic acids is 1. The van der Waals surface area contributed by atoms with Crippen LogP contribution in [0.15, 0.2) is 42.6 Å². The van der Waals surface area contributed by atoms with Crippen LogP contribution in [0, 0.1) is 5.92 Å². The molecular weight excluding hydrogens is 422 g/mol. The van der Waals surface area contributed by atoms with Gasteiger partial charge in [0, 0.05) is 45.5 Å². The van der Waals surface area contributed by atoms with Gasteiger partial charge in [-0.05, 0) is 49.6 Å². The fourth-order valence-corrected chi connectivity index (χ4v) is 5.36. The van der Waals surface area contributed by atoms with E-state index in [0.717, 1.165) is 74.8 Å². The Hall–Kier alpha value is -2.62. The van der Waals surface area contributed by atoms with E-state index in [1.165, 1.54) is 18.1 Å². The van der Waals surface area contributed by atoms with Gasteiger partial charge in [0.25, 0.3) is 0 Å². The molecule has 0 spiro atoms. The number of rotatable bonds is 6. The average Bonchev–Trinajstić information content (AvgIpc) is 3.30. The van der Waals surface area contributed by atoms with E-state index in [4.69, 9.17) is 0 Å². The average molecular weight is 452 g/mol. The van der Waals surface area contributed by atoms with E-state index in [1.54, 1.807) is 0 Å². The first-order chi connectivity index (χ1) is 15.7. The van der Waals surface area contributed by atoms with E-state index in [0.29, 0.717) is 12.5 Å². The van der Waals surface area contributed by atoms with E-state index >= 15 is 0 Å². The number of nitrogens with zero attached hydrogens (tertiary/aromatic N) is 6. The highest BCUT2D eigenvalue weighted by atomic mass is 32.1. The molecular formula is C23H29N7OS. The van der Waals surface area contributed by atoms with Crippen molar-refractivity contribution in [3.05, 3.63) is 42.6 Å². The van der Waals surface area contributed by atoms with Crippen LogP contribution in [0.5, 0.6) is 0 Å². The molecule has 0 radical (unpaired) electrons. The van der Waals surface area contributed by atoms with Crippen molar-refractivity contribution in [2.24, 2.45) is 5.92 Å². The Balaban J connectivity index is 1.09.